The molecule has 3 aromatic heterocycles. The van der Waals surface area contributed by atoms with E-state index in [0.717, 1.165) is 34.0 Å². The second kappa shape index (κ2) is 8.39. The van der Waals surface area contributed by atoms with Crippen LogP contribution in [0.5, 0.6) is 0 Å². The molecule has 0 spiro atoms. The van der Waals surface area contributed by atoms with E-state index in [0.29, 0.717) is 23.1 Å². The summed E-state index contributed by atoms with van der Waals surface area (Å²) in [5, 5.41) is 14.4. The summed E-state index contributed by atoms with van der Waals surface area (Å²) in [6, 6.07) is 10.2. The first-order valence-corrected chi connectivity index (χ1v) is 12.7. The number of aliphatic hydroxyl groups is 1. The number of hydrogen-bond acceptors (Lipinski definition) is 5. The fourth-order valence-electron chi connectivity index (χ4n) is 4.86. The molecule has 8 heteroatoms. The summed E-state index contributed by atoms with van der Waals surface area (Å²) in [6.45, 7) is 8.88. The summed E-state index contributed by atoms with van der Waals surface area (Å²) in [5.74, 6) is -0.246. The number of rotatable bonds is 5. The van der Waals surface area contributed by atoms with E-state index < -0.39 is 5.60 Å². The number of nitrogens with one attached hydrogen (secondary N) is 2. The first-order chi connectivity index (χ1) is 16.6. The van der Waals surface area contributed by atoms with Gasteiger partial charge in [0.15, 0.2) is 0 Å². The number of anilines is 2. The maximum atomic E-state index is 13.0. The average molecular weight is 491 g/mol. The third-order valence-electron chi connectivity index (χ3n) is 6.59. The van der Waals surface area contributed by atoms with Crippen molar-refractivity contribution in [3.8, 4) is 10.4 Å². The SMILES string of the molecule is CCNC(=O)c1cc2c(-c3sc(C(C)(C)O)cc3N3CCc4cccc(C)c43)cn(C)c(=O)c2[nH]1. The van der Waals surface area contributed by atoms with E-state index >= 15 is 0 Å². The van der Waals surface area contributed by atoms with E-state index in [1.807, 2.05) is 13.1 Å². The number of thiophene rings is 1. The van der Waals surface area contributed by atoms with Crippen molar-refractivity contribution >= 4 is 39.5 Å². The van der Waals surface area contributed by atoms with Gasteiger partial charge in [-0.2, -0.15) is 0 Å². The Morgan fingerprint density at radius 3 is 2.77 bits per heavy atom. The summed E-state index contributed by atoms with van der Waals surface area (Å²) in [4.78, 5) is 32.7. The number of amides is 1. The Bertz CT molecular complexity index is 1520. The third kappa shape index (κ3) is 3.86. The lowest BCUT2D eigenvalue weighted by atomic mass is 10.1. The van der Waals surface area contributed by atoms with Crippen LogP contribution in [0, 0.1) is 6.92 Å². The maximum Gasteiger partial charge on any atom is 0.274 e. The van der Waals surface area contributed by atoms with E-state index in [2.05, 4.69) is 46.4 Å². The van der Waals surface area contributed by atoms with Crippen LogP contribution in [0.2, 0.25) is 0 Å². The lowest BCUT2D eigenvalue weighted by Gasteiger charge is -2.22. The molecule has 3 N–H and O–H groups in total. The molecular weight excluding hydrogens is 460 g/mol. The van der Waals surface area contributed by atoms with Gasteiger partial charge < -0.3 is 24.9 Å². The molecule has 0 saturated carbocycles. The first-order valence-electron chi connectivity index (χ1n) is 11.8. The second-order valence-electron chi connectivity index (χ2n) is 9.66. The fraction of sp³-hybridized carbons (Fsp3) is 0.333. The van der Waals surface area contributed by atoms with Crippen molar-refractivity contribution in [1.82, 2.24) is 14.9 Å². The van der Waals surface area contributed by atoms with Gasteiger partial charge in [-0.1, -0.05) is 18.2 Å². The minimum Gasteiger partial charge on any atom is -0.385 e. The van der Waals surface area contributed by atoms with Crippen LogP contribution in [0.25, 0.3) is 21.3 Å². The molecular formula is C27H30N4O3S. The largest absolute Gasteiger partial charge is 0.385 e. The van der Waals surface area contributed by atoms with E-state index in [9.17, 15) is 14.7 Å². The van der Waals surface area contributed by atoms with Crippen molar-refractivity contribution < 1.29 is 9.90 Å². The summed E-state index contributed by atoms with van der Waals surface area (Å²) in [5.41, 5.74) is 5.10. The van der Waals surface area contributed by atoms with Gasteiger partial charge in [0.1, 0.15) is 11.2 Å². The molecule has 4 aromatic rings. The van der Waals surface area contributed by atoms with Gasteiger partial charge in [-0.25, -0.2) is 0 Å². The number of para-hydroxylation sites is 1. The maximum absolute atomic E-state index is 13.0. The molecule has 1 amide bonds. The number of carbonyl (C=O) groups excluding carboxylic acids is 1. The highest BCUT2D eigenvalue weighted by Gasteiger charge is 2.30. The number of aromatic nitrogens is 2. The minimum atomic E-state index is -1.02. The highest BCUT2D eigenvalue weighted by molar-refractivity contribution is 7.16. The van der Waals surface area contributed by atoms with Gasteiger partial charge in [0.05, 0.1) is 16.2 Å². The van der Waals surface area contributed by atoms with Crippen molar-refractivity contribution in [3.05, 3.63) is 68.6 Å². The molecule has 0 atom stereocenters. The molecule has 7 nitrogen and oxygen atoms in total. The van der Waals surface area contributed by atoms with Gasteiger partial charge in [-0.15, -0.1) is 11.3 Å². The number of hydrogen-bond donors (Lipinski definition) is 3. The normalized spacial score (nSPS) is 13.5. The summed E-state index contributed by atoms with van der Waals surface area (Å²) in [7, 11) is 1.72. The van der Waals surface area contributed by atoms with Gasteiger partial charge in [0.2, 0.25) is 0 Å². The number of fused-ring (bicyclic) bond motifs is 2. The molecule has 182 valence electrons. The van der Waals surface area contributed by atoms with Gasteiger partial charge in [0.25, 0.3) is 11.5 Å². The van der Waals surface area contributed by atoms with Crippen LogP contribution in [-0.2, 0) is 19.1 Å². The highest BCUT2D eigenvalue weighted by Crippen LogP contribution is 2.48. The van der Waals surface area contributed by atoms with Crippen molar-refractivity contribution in [2.24, 2.45) is 7.05 Å². The van der Waals surface area contributed by atoms with Crippen molar-refractivity contribution in [2.45, 2.75) is 39.7 Å². The zero-order valence-corrected chi connectivity index (χ0v) is 21.5. The molecule has 1 aromatic carbocycles. The summed E-state index contributed by atoms with van der Waals surface area (Å²) < 4.78 is 1.55. The standard InChI is InChI=1S/C27H30N4O3S/c1-6-28-25(32)19-12-17-18(14-30(5)26(33)22(17)29-19)24-20(13-21(35-24)27(3,4)34)31-11-10-16-9-7-8-15(2)23(16)31/h7-9,12-14,29,34H,6,10-11H2,1-5H3,(H,28,32). The van der Waals surface area contributed by atoms with Crippen LogP contribution >= 0.6 is 11.3 Å². The second-order valence-corrected chi connectivity index (χ2v) is 10.7. The van der Waals surface area contributed by atoms with Crippen molar-refractivity contribution in [2.75, 3.05) is 18.0 Å². The Labute approximate surface area is 208 Å². The van der Waals surface area contributed by atoms with Gasteiger partial charge in [-0.05, 0) is 57.4 Å². The van der Waals surface area contributed by atoms with Crippen molar-refractivity contribution in [3.63, 3.8) is 0 Å². The molecule has 1 aliphatic rings. The zero-order valence-electron chi connectivity index (χ0n) is 20.7. The number of H-pyrrole nitrogens is 1. The quantitative estimate of drug-likeness (QED) is 0.382. The Morgan fingerprint density at radius 1 is 1.29 bits per heavy atom. The molecule has 0 aliphatic carbocycles. The van der Waals surface area contributed by atoms with E-state index in [1.165, 1.54) is 28.2 Å². The summed E-state index contributed by atoms with van der Waals surface area (Å²) in [6.07, 6.45) is 2.77. The predicted octanol–water partition coefficient (Wildman–Crippen LogP) is 4.57. The lowest BCUT2D eigenvalue weighted by Crippen LogP contribution is -2.23. The molecule has 0 unspecified atom stereocenters. The van der Waals surface area contributed by atoms with Crippen LogP contribution in [-0.4, -0.2) is 33.7 Å². The number of aromatic amines is 1. The monoisotopic (exact) mass is 490 g/mol. The third-order valence-corrected chi connectivity index (χ3v) is 8.06. The smallest absolute Gasteiger partial charge is 0.274 e. The number of aryl methyl sites for hydroxylation is 2. The number of carbonyl (C=O) groups is 1. The molecule has 4 heterocycles. The first kappa shape index (κ1) is 23.4. The van der Waals surface area contributed by atoms with Gasteiger partial charge >= 0.3 is 0 Å². The highest BCUT2D eigenvalue weighted by atomic mass is 32.1. The van der Waals surface area contributed by atoms with E-state index in [4.69, 9.17) is 0 Å². The summed E-state index contributed by atoms with van der Waals surface area (Å²) >= 11 is 1.52. The Kier molecular flexibility index (Phi) is 5.61. The minimum absolute atomic E-state index is 0.192. The zero-order chi connectivity index (χ0) is 25.1. The molecule has 0 saturated heterocycles. The van der Waals surface area contributed by atoms with Crippen molar-refractivity contribution in [1.29, 1.82) is 0 Å². The molecule has 1 aliphatic heterocycles. The van der Waals surface area contributed by atoms with Crippen LogP contribution in [0.4, 0.5) is 11.4 Å². The molecule has 0 fully saturated rings. The van der Waals surface area contributed by atoms with Gasteiger partial charge in [-0.3, -0.25) is 9.59 Å². The Balaban J connectivity index is 1.78. The van der Waals surface area contributed by atoms with Crippen LogP contribution in [0.15, 0.2) is 41.3 Å². The van der Waals surface area contributed by atoms with Crippen LogP contribution in [0.1, 0.15) is 47.3 Å². The number of nitrogens with zero attached hydrogens (tertiary/aromatic N) is 2. The Morgan fingerprint density at radius 2 is 2.06 bits per heavy atom. The van der Waals surface area contributed by atoms with E-state index in [1.54, 1.807) is 31.5 Å². The average Bonchev–Trinajstić information content (AvgIpc) is 3.52. The predicted molar refractivity (Wildman–Crippen MR) is 142 cm³/mol. The van der Waals surface area contributed by atoms with Gasteiger partial charge in [0, 0.05) is 47.8 Å². The van der Waals surface area contributed by atoms with Crippen LogP contribution in [0.3, 0.4) is 0 Å². The fourth-order valence-corrected chi connectivity index (χ4v) is 6.05. The molecule has 0 bridgehead atoms. The van der Waals surface area contributed by atoms with Crippen LogP contribution < -0.4 is 15.8 Å². The Hall–Kier alpha value is -3.36. The number of pyridine rings is 1. The molecule has 0 radical (unpaired) electrons. The molecule has 5 rings (SSSR count). The number of benzene rings is 1. The lowest BCUT2D eigenvalue weighted by molar-refractivity contribution is 0.0825. The topological polar surface area (TPSA) is 90.4 Å². The molecule has 35 heavy (non-hydrogen) atoms. The van der Waals surface area contributed by atoms with E-state index in [-0.39, 0.29) is 11.5 Å².